The summed E-state index contributed by atoms with van der Waals surface area (Å²) >= 11 is 0. The van der Waals surface area contributed by atoms with Crippen LogP contribution in [0.5, 0.6) is 5.75 Å². The van der Waals surface area contributed by atoms with Crippen molar-refractivity contribution in [2.75, 3.05) is 26.2 Å². The molecule has 1 aliphatic carbocycles. The second-order valence-electron chi connectivity index (χ2n) is 5.51. The van der Waals surface area contributed by atoms with Crippen molar-refractivity contribution in [2.24, 2.45) is 5.92 Å². The average Bonchev–Trinajstić information content (AvgIpc) is 2.36. The van der Waals surface area contributed by atoms with E-state index in [2.05, 4.69) is 22.3 Å². The summed E-state index contributed by atoms with van der Waals surface area (Å²) in [4.78, 5) is 2.62. The Bertz CT molecular complexity index is 389. The molecule has 2 N–H and O–H groups in total. The molecule has 3 rings (SSSR count). The van der Waals surface area contributed by atoms with Gasteiger partial charge in [-0.15, -0.1) is 24.8 Å². The number of nitrogens with zero attached hydrogens (tertiary/aromatic N) is 1. The van der Waals surface area contributed by atoms with Gasteiger partial charge in [0.15, 0.2) is 0 Å². The molecule has 5 heteroatoms. The Kier molecular flexibility index (Phi) is 7.10. The predicted molar refractivity (Wildman–Crippen MR) is 87.1 cm³/mol. The maximum atomic E-state index is 9.43. The van der Waals surface area contributed by atoms with Gasteiger partial charge in [0.1, 0.15) is 5.75 Å². The van der Waals surface area contributed by atoms with E-state index in [4.69, 9.17) is 0 Å². The minimum absolute atomic E-state index is 0. The SMILES string of the molecule is Cl.Cl.Oc1ccc([C@@H](C2CCC2)N2CCNCC2)cc1. The van der Waals surface area contributed by atoms with E-state index in [1.54, 1.807) is 0 Å². The van der Waals surface area contributed by atoms with Crippen molar-refractivity contribution < 1.29 is 5.11 Å². The first kappa shape index (κ1) is 17.6. The number of halogens is 2. The van der Waals surface area contributed by atoms with Gasteiger partial charge in [0.25, 0.3) is 0 Å². The molecule has 0 aromatic heterocycles. The quantitative estimate of drug-likeness (QED) is 0.899. The third-order valence-corrected chi connectivity index (χ3v) is 4.38. The molecule has 0 radical (unpaired) electrons. The van der Waals surface area contributed by atoms with Gasteiger partial charge >= 0.3 is 0 Å². The summed E-state index contributed by atoms with van der Waals surface area (Å²) in [6, 6.07) is 8.40. The number of phenolic OH excluding ortho intramolecular Hbond substituents is 1. The molecule has 2 fully saturated rings. The number of phenols is 1. The van der Waals surface area contributed by atoms with Crippen molar-refractivity contribution in [3.63, 3.8) is 0 Å². The number of hydrogen-bond acceptors (Lipinski definition) is 3. The first-order valence-corrected chi connectivity index (χ1v) is 7.08. The number of aromatic hydroxyl groups is 1. The molecule has 1 aliphatic heterocycles. The van der Waals surface area contributed by atoms with E-state index in [0.717, 1.165) is 32.1 Å². The third-order valence-electron chi connectivity index (χ3n) is 4.38. The zero-order valence-electron chi connectivity index (χ0n) is 11.6. The van der Waals surface area contributed by atoms with Crippen LogP contribution in [0.25, 0.3) is 0 Å². The highest BCUT2D eigenvalue weighted by atomic mass is 35.5. The monoisotopic (exact) mass is 318 g/mol. The van der Waals surface area contributed by atoms with Gasteiger partial charge in [0.05, 0.1) is 0 Å². The van der Waals surface area contributed by atoms with Gasteiger partial charge in [-0.3, -0.25) is 4.90 Å². The molecule has 3 nitrogen and oxygen atoms in total. The molecule has 0 spiro atoms. The number of rotatable bonds is 3. The molecule has 0 unspecified atom stereocenters. The Balaban J connectivity index is 0.000001000. The van der Waals surface area contributed by atoms with Gasteiger partial charge in [0, 0.05) is 32.2 Å². The number of piperazine rings is 1. The molecule has 0 amide bonds. The molecule has 0 bridgehead atoms. The van der Waals surface area contributed by atoms with Gasteiger partial charge in [-0.1, -0.05) is 18.6 Å². The lowest BCUT2D eigenvalue weighted by Gasteiger charge is -2.43. The van der Waals surface area contributed by atoms with Crippen molar-refractivity contribution in [1.29, 1.82) is 0 Å². The van der Waals surface area contributed by atoms with E-state index < -0.39 is 0 Å². The van der Waals surface area contributed by atoms with E-state index in [-0.39, 0.29) is 24.8 Å². The Morgan fingerprint density at radius 2 is 1.65 bits per heavy atom. The van der Waals surface area contributed by atoms with Crippen LogP contribution in [-0.2, 0) is 0 Å². The van der Waals surface area contributed by atoms with Crippen LogP contribution in [0.15, 0.2) is 24.3 Å². The fraction of sp³-hybridized carbons (Fsp3) is 0.600. The topological polar surface area (TPSA) is 35.5 Å². The molecule has 1 saturated carbocycles. The van der Waals surface area contributed by atoms with Crippen LogP contribution >= 0.6 is 24.8 Å². The van der Waals surface area contributed by atoms with E-state index in [1.165, 1.54) is 24.8 Å². The van der Waals surface area contributed by atoms with Gasteiger partial charge in [0.2, 0.25) is 0 Å². The largest absolute Gasteiger partial charge is 0.508 e. The predicted octanol–water partition coefficient (Wildman–Crippen LogP) is 2.98. The third kappa shape index (κ3) is 3.79. The average molecular weight is 319 g/mol. The van der Waals surface area contributed by atoms with Crippen LogP contribution in [-0.4, -0.2) is 36.2 Å². The molecular formula is C15H24Cl2N2O. The lowest BCUT2D eigenvalue weighted by molar-refractivity contribution is 0.0837. The van der Waals surface area contributed by atoms with Crippen molar-refractivity contribution >= 4 is 24.8 Å². The smallest absolute Gasteiger partial charge is 0.115 e. The lowest BCUT2D eigenvalue weighted by atomic mass is 9.76. The van der Waals surface area contributed by atoms with Crippen molar-refractivity contribution in [2.45, 2.75) is 25.3 Å². The normalized spacial score (nSPS) is 21.2. The van der Waals surface area contributed by atoms with Crippen molar-refractivity contribution in [1.82, 2.24) is 10.2 Å². The van der Waals surface area contributed by atoms with Crippen LogP contribution in [0.1, 0.15) is 30.9 Å². The fourth-order valence-electron chi connectivity index (χ4n) is 3.17. The zero-order valence-corrected chi connectivity index (χ0v) is 13.3. The van der Waals surface area contributed by atoms with E-state index in [1.807, 2.05) is 12.1 Å². The Labute approximate surface area is 133 Å². The standard InChI is InChI=1S/C15H22N2O.2ClH/c18-14-6-4-13(5-7-14)15(12-2-1-3-12)17-10-8-16-9-11-17;;/h4-7,12,15-16,18H,1-3,8-11H2;2*1H/t15-;;/m1../s1. The molecule has 20 heavy (non-hydrogen) atoms. The minimum Gasteiger partial charge on any atom is -0.508 e. The van der Waals surface area contributed by atoms with Crippen molar-refractivity contribution in [3.8, 4) is 5.75 Å². The van der Waals surface area contributed by atoms with Gasteiger partial charge in [-0.05, 0) is 36.5 Å². The Morgan fingerprint density at radius 1 is 1.05 bits per heavy atom. The molecular weight excluding hydrogens is 295 g/mol. The first-order chi connectivity index (χ1) is 8.84. The second kappa shape index (κ2) is 8.08. The summed E-state index contributed by atoms with van der Waals surface area (Å²) in [7, 11) is 0. The molecule has 2 aliphatic rings. The van der Waals surface area contributed by atoms with E-state index in [9.17, 15) is 5.11 Å². The van der Waals surface area contributed by atoms with Gasteiger partial charge in [-0.2, -0.15) is 0 Å². The Morgan fingerprint density at radius 3 is 2.15 bits per heavy atom. The highest BCUT2D eigenvalue weighted by molar-refractivity contribution is 5.85. The number of benzene rings is 1. The van der Waals surface area contributed by atoms with Gasteiger partial charge in [-0.25, -0.2) is 0 Å². The first-order valence-electron chi connectivity index (χ1n) is 7.08. The number of hydrogen-bond donors (Lipinski definition) is 2. The van der Waals surface area contributed by atoms with Crippen LogP contribution in [0.2, 0.25) is 0 Å². The molecule has 1 saturated heterocycles. The van der Waals surface area contributed by atoms with Crippen LogP contribution in [0, 0.1) is 5.92 Å². The summed E-state index contributed by atoms with van der Waals surface area (Å²) in [6.45, 7) is 4.48. The highest BCUT2D eigenvalue weighted by Crippen LogP contribution is 2.41. The summed E-state index contributed by atoms with van der Waals surface area (Å²) < 4.78 is 0. The van der Waals surface area contributed by atoms with Crippen molar-refractivity contribution in [3.05, 3.63) is 29.8 Å². The molecule has 1 heterocycles. The molecule has 1 atom stereocenters. The highest BCUT2D eigenvalue weighted by Gasteiger charge is 2.33. The summed E-state index contributed by atoms with van der Waals surface area (Å²) in [6.07, 6.45) is 4.09. The maximum Gasteiger partial charge on any atom is 0.115 e. The van der Waals surface area contributed by atoms with Gasteiger partial charge < -0.3 is 10.4 Å². The van der Waals surface area contributed by atoms with Crippen LogP contribution in [0.3, 0.4) is 0 Å². The lowest BCUT2D eigenvalue weighted by Crippen LogP contribution is -2.47. The summed E-state index contributed by atoms with van der Waals surface area (Å²) in [5.41, 5.74) is 1.37. The molecule has 114 valence electrons. The minimum atomic E-state index is 0. The molecule has 1 aromatic rings. The molecule has 1 aromatic carbocycles. The summed E-state index contributed by atoms with van der Waals surface area (Å²) in [5.74, 6) is 1.18. The Hall–Kier alpha value is -0.480. The van der Waals surface area contributed by atoms with Crippen LogP contribution in [0.4, 0.5) is 0 Å². The summed E-state index contributed by atoms with van der Waals surface area (Å²) in [5, 5.41) is 12.9. The second-order valence-corrected chi connectivity index (χ2v) is 5.51. The van der Waals surface area contributed by atoms with Crippen LogP contribution < -0.4 is 5.32 Å². The van der Waals surface area contributed by atoms with E-state index >= 15 is 0 Å². The van der Waals surface area contributed by atoms with E-state index in [0.29, 0.717) is 11.8 Å². The maximum absolute atomic E-state index is 9.43. The number of nitrogens with one attached hydrogen (secondary N) is 1. The zero-order chi connectivity index (χ0) is 12.4. The fourth-order valence-corrected chi connectivity index (χ4v) is 3.17.